The van der Waals surface area contributed by atoms with Crippen molar-refractivity contribution >= 4 is 29.2 Å². The maximum absolute atomic E-state index is 14.0. The van der Waals surface area contributed by atoms with Crippen LogP contribution in [0, 0.1) is 34.7 Å². The first-order valence-corrected chi connectivity index (χ1v) is 12.1. The van der Waals surface area contributed by atoms with Crippen molar-refractivity contribution in [1.82, 2.24) is 20.5 Å². The number of ketones is 1. The van der Waals surface area contributed by atoms with Gasteiger partial charge >= 0.3 is 0 Å². The van der Waals surface area contributed by atoms with Crippen molar-refractivity contribution in [2.75, 3.05) is 25.5 Å². The van der Waals surface area contributed by atoms with Gasteiger partial charge in [0.1, 0.15) is 23.6 Å². The highest BCUT2D eigenvalue weighted by atomic mass is 19.1. The second-order valence-electron chi connectivity index (χ2n) is 10.1. The summed E-state index contributed by atoms with van der Waals surface area (Å²) in [5.74, 6) is -6.62. The lowest BCUT2D eigenvalue weighted by Gasteiger charge is -2.31. The highest BCUT2D eigenvalue weighted by Gasteiger charge is 2.69. The Morgan fingerprint density at radius 2 is 1.84 bits per heavy atom. The maximum Gasteiger partial charge on any atom is 0.289 e. The Morgan fingerprint density at radius 3 is 2.45 bits per heavy atom. The van der Waals surface area contributed by atoms with Crippen molar-refractivity contribution in [2.24, 2.45) is 17.3 Å². The second-order valence-corrected chi connectivity index (χ2v) is 10.1. The summed E-state index contributed by atoms with van der Waals surface area (Å²) in [4.78, 5) is 56.8. The van der Waals surface area contributed by atoms with E-state index in [4.69, 9.17) is 0 Å². The zero-order valence-electron chi connectivity index (χ0n) is 21.1. The molecule has 12 heteroatoms. The van der Waals surface area contributed by atoms with Gasteiger partial charge in [-0.05, 0) is 28.9 Å². The van der Waals surface area contributed by atoms with Crippen LogP contribution in [0.2, 0.25) is 0 Å². The predicted octanol–water partition coefficient (Wildman–Crippen LogP) is 1.44. The normalized spacial score (nSPS) is 21.7. The largest absolute Gasteiger partial charge is 0.371 e. The number of carbonyl (C=O) groups excluding carboxylic acids is 4. The number of hydrogen-bond acceptors (Lipinski definition) is 6. The van der Waals surface area contributed by atoms with Gasteiger partial charge in [-0.2, -0.15) is 0 Å². The van der Waals surface area contributed by atoms with Crippen LogP contribution < -0.4 is 16.0 Å². The number of nitrogens with one attached hydrogen (secondary N) is 3. The highest BCUT2D eigenvalue weighted by Crippen LogP contribution is 2.64. The molecule has 2 aliphatic rings. The van der Waals surface area contributed by atoms with Gasteiger partial charge in [0, 0.05) is 44.5 Å². The Labute approximate surface area is 217 Å². The number of pyridine rings is 1. The number of likely N-dealkylation sites (N-methyl/N-ethyl adjacent to an activating group) is 1. The van der Waals surface area contributed by atoms with Gasteiger partial charge in [0.25, 0.3) is 5.91 Å². The molecular formula is C26H28F3N5O4. The fourth-order valence-electron chi connectivity index (χ4n) is 5.32. The van der Waals surface area contributed by atoms with E-state index >= 15 is 0 Å². The number of amides is 3. The lowest BCUT2D eigenvalue weighted by Crippen LogP contribution is -2.56. The molecule has 2 aromatic rings. The molecule has 4 atom stereocenters. The Hall–Kier alpha value is -3.96. The van der Waals surface area contributed by atoms with Crippen molar-refractivity contribution in [3.8, 4) is 0 Å². The molecule has 0 spiro atoms. The van der Waals surface area contributed by atoms with Gasteiger partial charge < -0.3 is 20.9 Å². The molecule has 3 amide bonds. The number of halogens is 3. The zero-order valence-corrected chi connectivity index (χ0v) is 21.1. The number of anilines is 1. The van der Waals surface area contributed by atoms with Gasteiger partial charge in [0.05, 0.1) is 6.54 Å². The monoisotopic (exact) mass is 531 g/mol. The Bertz CT molecular complexity index is 1250. The van der Waals surface area contributed by atoms with E-state index in [1.54, 1.807) is 18.3 Å². The van der Waals surface area contributed by atoms with Crippen molar-refractivity contribution in [1.29, 1.82) is 0 Å². The minimum absolute atomic E-state index is 0.00732. The average molecular weight is 532 g/mol. The van der Waals surface area contributed by atoms with Crippen LogP contribution in [0.4, 0.5) is 18.9 Å². The third-order valence-electron chi connectivity index (χ3n) is 7.47. The molecular weight excluding hydrogens is 503 g/mol. The number of likely N-dealkylation sites (tertiary alicyclic amines) is 1. The van der Waals surface area contributed by atoms with Crippen molar-refractivity contribution in [3.05, 3.63) is 59.7 Å². The molecule has 1 saturated heterocycles. The Morgan fingerprint density at radius 1 is 1.16 bits per heavy atom. The minimum Gasteiger partial charge on any atom is -0.371 e. The molecule has 202 valence electrons. The summed E-state index contributed by atoms with van der Waals surface area (Å²) in [5.41, 5.74) is -0.282. The van der Waals surface area contributed by atoms with Crippen LogP contribution in [0.25, 0.3) is 0 Å². The zero-order chi connectivity index (χ0) is 27.8. The summed E-state index contributed by atoms with van der Waals surface area (Å²) in [5, 5.41) is 7.27. The van der Waals surface area contributed by atoms with E-state index in [-0.39, 0.29) is 30.2 Å². The molecule has 1 aliphatic heterocycles. The van der Waals surface area contributed by atoms with Crippen LogP contribution in [-0.2, 0) is 25.6 Å². The van der Waals surface area contributed by atoms with E-state index in [9.17, 15) is 32.3 Å². The first-order valence-electron chi connectivity index (χ1n) is 12.1. The number of aromatic nitrogens is 1. The molecule has 1 aromatic heterocycles. The number of nitrogens with zero attached hydrogens (tertiary/aromatic N) is 2. The molecule has 2 fully saturated rings. The van der Waals surface area contributed by atoms with E-state index in [2.05, 4.69) is 20.9 Å². The summed E-state index contributed by atoms with van der Waals surface area (Å²) in [6, 6.07) is 2.18. The van der Waals surface area contributed by atoms with Crippen molar-refractivity contribution in [3.63, 3.8) is 0 Å². The van der Waals surface area contributed by atoms with Gasteiger partial charge in [-0.1, -0.05) is 19.9 Å². The molecule has 2 heterocycles. The van der Waals surface area contributed by atoms with Crippen molar-refractivity contribution in [2.45, 2.75) is 32.4 Å². The summed E-state index contributed by atoms with van der Waals surface area (Å²) in [6.07, 6.45) is 3.07. The third kappa shape index (κ3) is 5.20. The van der Waals surface area contributed by atoms with Crippen LogP contribution >= 0.6 is 0 Å². The molecule has 1 unspecified atom stereocenters. The van der Waals surface area contributed by atoms with E-state index in [0.29, 0.717) is 17.7 Å². The summed E-state index contributed by atoms with van der Waals surface area (Å²) in [6.45, 7) is 3.63. The Balaban J connectivity index is 1.52. The fraction of sp³-hybridized carbons (Fsp3) is 0.423. The molecule has 0 radical (unpaired) electrons. The Kier molecular flexibility index (Phi) is 7.43. The molecule has 0 bridgehead atoms. The van der Waals surface area contributed by atoms with Gasteiger partial charge in [-0.15, -0.1) is 0 Å². The minimum atomic E-state index is -1.20. The number of hydrogen-bond donors (Lipinski definition) is 3. The van der Waals surface area contributed by atoms with Gasteiger partial charge in [-0.25, -0.2) is 13.2 Å². The van der Waals surface area contributed by atoms with Crippen LogP contribution in [0.3, 0.4) is 0 Å². The molecule has 1 aliphatic carbocycles. The number of carbonyl (C=O) groups is 4. The lowest BCUT2D eigenvalue weighted by atomic mass is 9.98. The lowest BCUT2D eigenvalue weighted by molar-refractivity contribution is -0.142. The predicted molar refractivity (Wildman–Crippen MR) is 130 cm³/mol. The third-order valence-corrected chi connectivity index (χ3v) is 7.47. The fourth-order valence-corrected chi connectivity index (χ4v) is 5.32. The van der Waals surface area contributed by atoms with E-state index < -0.39 is 65.3 Å². The van der Waals surface area contributed by atoms with Crippen LogP contribution in [-0.4, -0.2) is 65.6 Å². The average Bonchev–Trinajstić information content (AvgIpc) is 3.19. The standard InChI is InChI=1S/C26H28F3N5O4/c1-26(2)15-12-34(19(35)11-32-21-16(28)8-14(27)9-17(21)29)22(20(15)26)24(37)33-18(23(36)25(38)30-3)7-13-5-4-6-31-10-13/h4-6,8-10,15,18,20,22,32H,7,11-12H2,1-3H3,(H,30,38)(H,33,37)/t15?,18-,20-,22-/m0/s1. The summed E-state index contributed by atoms with van der Waals surface area (Å²) < 4.78 is 41.2. The first kappa shape index (κ1) is 27.1. The number of piperidine rings is 1. The first-order chi connectivity index (χ1) is 17.9. The van der Waals surface area contributed by atoms with Crippen LogP contribution in [0.1, 0.15) is 19.4 Å². The van der Waals surface area contributed by atoms with Gasteiger partial charge in [0.2, 0.25) is 17.6 Å². The van der Waals surface area contributed by atoms with Crippen LogP contribution in [0.15, 0.2) is 36.7 Å². The second kappa shape index (κ2) is 10.4. The maximum atomic E-state index is 14.0. The molecule has 4 rings (SSSR count). The molecule has 38 heavy (non-hydrogen) atoms. The quantitative estimate of drug-likeness (QED) is 0.421. The molecule has 9 nitrogen and oxygen atoms in total. The topological polar surface area (TPSA) is 120 Å². The van der Waals surface area contributed by atoms with E-state index in [1.165, 1.54) is 18.1 Å². The highest BCUT2D eigenvalue weighted by molar-refractivity contribution is 6.38. The molecule has 1 saturated carbocycles. The number of benzene rings is 1. The van der Waals surface area contributed by atoms with E-state index in [0.717, 1.165) is 0 Å². The molecule has 1 aromatic carbocycles. The summed E-state index contributed by atoms with van der Waals surface area (Å²) in [7, 11) is 1.30. The number of fused-ring (bicyclic) bond motifs is 1. The van der Waals surface area contributed by atoms with Crippen molar-refractivity contribution < 1.29 is 32.3 Å². The smallest absolute Gasteiger partial charge is 0.289 e. The van der Waals surface area contributed by atoms with Crippen LogP contribution in [0.5, 0.6) is 0 Å². The number of rotatable bonds is 9. The van der Waals surface area contributed by atoms with Gasteiger partial charge in [-0.3, -0.25) is 24.2 Å². The summed E-state index contributed by atoms with van der Waals surface area (Å²) >= 11 is 0. The SMILES string of the molecule is CNC(=O)C(=O)[C@H](Cc1cccnc1)NC(=O)[C@@H]1[C@@H]2C(CN1C(=O)CNc1c(F)cc(F)cc1F)C2(C)C. The van der Waals surface area contributed by atoms with E-state index in [1.807, 2.05) is 13.8 Å². The number of Topliss-reactive ketones (excluding diaryl/α,β-unsaturated/α-hetero) is 1. The molecule has 3 N–H and O–H groups in total. The van der Waals surface area contributed by atoms with Gasteiger partial charge in [0.15, 0.2) is 11.6 Å².